The summed E-state index contributed by atoms with van der Waals surface area (Å²) in [6.45, 7) is 0. The van der Waals surface area contributed by atoms with Crippen LogP contribution in [0.1, 0.15) is 32.1 Å². The maximum absolute atomic E-state index is 10.9. The summed E-state index contributed by atoms with van der Waals surface area (Å²) in [6, 6.07) is -0.146. The summed E-state index contributed by atoms with van der Waals surface area (Å²) in [6.07, 6.45) is 4.97. The summed E-state index contributed by atoms with van der Waals surface area (Å²) in [4.78, 5) is 10.9. The Labute approximate surface area is 55.4 Å². The first-order valence-corrected chi connectivity index (χ1v) is 3.59. The minimum atomic E-state index is -0.146. The van der Waals surface area contributed by atoms with Gasteiger partial charge in [0.15, 0.2) is 0 Å². The summed E-state index contributed by atoms with van der Waals surface area (Å²) in [5, 5.41) is 0. The molecule has 0 radical (unpaired) electrons. The smallest absolute Gasteiger partial charge is 0.149 e. The van der Waals surface area contributed by atoms with E-state index in [0.717, 1.165) is 19.3 Å². The molecule has 1 unspecified atom stereocenters. The predicted octanol–water partition coefficient (Wildman–Crippen LogP) is 0.847. The molecular formula is C7H13NO. The molecule has 9 heavy (non-hydrogen) atoms. The lowest BCUT2D eigenvalue weighted by atomic mass is 10.1. The fraction of sp³-hybridized carbons (Fsp3) is 0.857. The SMILES string of the molecule is NC1CCCCCC1=O. The molecule has 0 amide bonds. The van der Waals surface area contributed by atoms with E-state index in [1.54, 1.807) is 0 Å². The van der Waals surface area contributed by atoms with Crippen molar-refractivity contribution in [3.05, 3.63) is 0 Å². The third-order valence-electron chi connectivity index (χ3n) is 1.85. The summed E-state index contributed by atoms with van der Waals surface area (Å²) in [5.41, 5.74) is 5.53. The Kier molecular flexibility index (Phi) is 2.22. The highest BCUT2D eigenvalue weighted by Crippen LogP contribution is 2.12. The van der Waals surface area contributed by atoms with Crippen LogP contribution in [0, 0.1) is 0 Å². The number of hydrogen-bond donors (Lipinski definition) is 1. The maximum atomic E-state index is 10.9. The Hall–Kier alpha value is -0.370. The minimum Gasteiger partial charge on any atom is -0.322 e. The third-order valence-corrected chi connectivity index (χ3v) is 1.85. The van der Waals surface area contributed by atoms with E-state index in [0.29, 0.717) is 6.42 Å². The predicted molar refractivity (Wildman–Crippen MR) is 36.1 cm³/mol. The molecule has 0 aromatic carbocycles. The van der Waals surface area contributed by atoms with Crippen LogP contribution in [0.25, 0.3) is 0 Å². The molecule has 52 valence electrons. The average Bonchev–Trinajstić information content (AvgIpc) is 1.99. The highest BCUT2D eigenvalue weighted by Gasteiger charge is 2.15. The quantitative estimate of drug-likeness (QED) is 0.490. The molecule has 2 N–H and O–H groups in total. The molecular weight excluding hydrogens is 114 g/mol. The third kappa shape index (κ3) is 1.79. The number of rotatable bonds is 0. The molecule has 1 rings (SSSR count). The van der Waals surface area contributed by atoms with Gasteiger partial charge in [0.25, 0.3) is 0 Å². The fourth-order valence-corrected chi connectivity index (χ4v) is 1.19. The second-order valence-electron chi connectivity index (χ2n) is 2.67. The van der Waals surface area contributed by atoms with Gasteiger partial charge in [0.1, 0.15) is 5.78 Å². The molecule has 0 bridgehead atoms. The number of hydrogen-bond acceptors (Lipinski definition) is 2. The molecule has 1 fully saturated rings. The molecule has 2 heteroatoms. The van der Waals surface area contributed by atoms with Crippen molar-refractivity contribution in [2.75, 3.05) is 0 Å². The van der Waals surface area contributed by atoms with Gasteiger partial charge in [-0.25, -0.2) is 0 Å². The highest BCUT2D eigenvalue weighted by molar-refractivity contribution is 5.83. The molecule has 0 heterocycles. The lowest BCUT2D eigenvalue weighted by molar-refractivity contribution is -0.120. The van der Waals surface area contributed by atoms with Gasteiger partial charge in [0.05, 0.1) is 6.04 Å². The first-order chi connectivity index (χ1) is 4.30. The van der Waals surface area contributed by atoms with Gasteiger partial charge in [-0.15, -0.1) is 0 Å². The zero-order chi connectivity index (χ0) is 6.69. The van der Waals surface area contributed by atoms with E-state index in [-0.39, 0.29) is 11.8 Å². The molecule has 0 saturated heterocycles. The van der Waals surface area contributed by atoms with E-state index >= 15 is 0 Å². The summed E-state index contributed by atoms with van der Waals surface area (Å²) in [5.74, 6) is 0.257. The number of carbonyl (C=O) groups excluding carboxylic acids is 1. The average molecular weight is 127 g/mol. The molecule has 2 nitrogen and oxygen atoms in total. The van der Waals surface area contributed by atoms with Gasteiger partial charge >= 0.3 is 0 Å². The van der Waals surface area contributed by atoms with Crippen LogP contribution in [-0.2, 0) is 4.79 Å². The minimum absolute atomic E-state index is 0.146. The van der Waals surface area contributed by atoms with E-state index in [4.69, 9.17) is 5.73 Å². The Morgan fingerprint density at radius 3 is 2.89 bits per heavy atom. The van der Waals surface area contributed by atoms with Crippen molar-refractivity contribution in [3.63, 3.8) is 0 Å². The Balaban J connectivity index is 2.41. The second kappa shape index (κ2) is 2.97. The van der Waals surface area contributed by atoms with Gasteiger partial charge in [0.2, 0.25) is 0 Å². The van der Waals surface area contributed by atoms with Gasteiger partial charge in [0, 0.05) is 6.42 Å². The van der Waals surface area contributed by atoms with Crippen LogP contribution in [0.4, 0.5) is 0 Å². The molecule has 0 aromatic rings. The van der Waals surface area contributed by atoms with Gasteiger partial charge < -0.3 is 5.73 Å². The van der Waals surface area contributed by atoms with Crippen LogP contribution in [-0.4, -0.2) is 11.8 Å². The van der Waals surface area contributed by atoms with Crippen LogP contribution < -0.4 is 5.73 Å². The molecule has 0 aromatic heterocycles. The number of nitrogens with two attached hydrogens (primary N) is 1. The first-order valence-electron chi connectivity index (χ1n) is 3.59. The van der Waals surface area contributed by atoms with Crippen LogP contribution in [0.2, 0.25) is 0 Å². The van der Waals surface area contributed by atoms with E-state index in [1.165, 1.54) is 6.42 Å². The first kappa shape index (κ1) is 6.75. The van der Waals surface area contributed by atoms with Crippen LogP contribution in [0.15, 0.2) is 0 Å². The number of ketones is 1. The van der Waals surface area contributed by atoms with Crippen molar-refractivity contribution in [2.24, 2.45) is 5.73 Å². The Morgan fingerprint density at radius 1 is 1.33 bits per heavy atom. The standard InChI is InChI=1S/C7H13NO/c8-6-4-2-1-3-5-7(6)9/h6H,1-5,8H2. The summed E-state index contributed by atoms with van der Waals surface area (Å²) < 4.78 is 0. The van der Waals surface area contributed by atoms with Crippen molar-refractivity contribution in [3.8, 4) is 0 Å². The Bertz CT molecular complexity index is 111. The molecule has 1 aliphatic rings. The lowest BCUT2D eigenvalue weighted by Crippen LogP contribution is -2.28. The molecule has 1 atom stereocenters. The molecule has 1 saturated carbocycles. The van der Waals surface area contributed by atoms with E-state index < -0.39 is 0 Å². The summed E-state index contributed by atoms with van der Waals surface area (Å²) in [7, 11) is 0. The van der Waals surface area contributed by atoms with E-state index in [2.05, 4.69) is 0 Å². The Morgan fingerprint density at radius 2 is 2.11 bits per heavy atom. The van der Waals surface area contributed by atoms with Crippen molar-refractivity contribution in [1.29, 1.82) is 0 Å². The zero-order valence-corrected chi connectivity index (χ0v) is 5.60. The zero-order valence-electron chi connectivity index (χ0n) is 5.60. The van der Waals surface area contributed by atoms with Gasteiger partial charge in [-0.2, -0.15) is 0 Å². The number of Topliss-reactive ketones (excluding diaryl/α,β-unsaturated/α-hetero) is 1. The van der Waals surface area contributed by atoms with Crippen LogP contribution >= 0.6 is 0 Å². The van der Waals surface area contributed by atoms with Gasteiger partial charge in [-0.1, -0.05) is 12.8 Å². The number of carbonyl (C=O) groups is 1. The monoisotopic (exact) mass is 127 g/mol. The van der Waals surface area contributed by atoms with Gasteiger partial charge in [-0.05, 0) is 12.8 Å². The fourth-order valence-electron chi connectivity index (χ4n) is 1.19. The van der Waals surface area contributed by atoms with Crippen molar-refractivity contribution in [2.45, 2.75) is 38.1 Å². The van der Waals surface area contributed by atoms with Crippen molar-refractivity contribution < 1.29 is 4.79 Å². The molecule has 0 spiro atoms. The summed E-state index contributed by atoms with van der Waals surface area (Å²) >= 11 is 0. The molecule has 0 aliphatic heterocycles. The second-order valence-corrected chi connectivity index (χ2v) is 2.67. The van der Waals surface area contributed by atoms with Crippen LogP contribution in [0.5, 0.6) is 0 Å². The lowest BCUT2D eigenvalue weighted by Gasteiger charge is -2.02. The van der Waals surface area contributed by atoms with Crippen LogP contribution in [0.3, 0.4) is 0 Å². The topological polar surface area (TPSA) is 43.1 Å². The maximum Gasteiger partial charge on any atom is 0.149 e. The van der Waals surface area contributed by atoms with Crippen molar-refractivity contribution in [1.82, 2.24) is 0 Å². The highest BCUT2D eigenvalue weighted by atomic mass is 16.1. The van der Waals surface area contributed by atoms with Gasteiger partial charge in [-0.3, -0.25) is 4.79 Å². The van der Waals surface area contributed by atoms with E-state index in [1.807, 2.05) is 0 Å². The van der Waals surface area contributed by atoms with Crippen molar-refractivity contribution >= 4 is 5.78 Å². The normalized spacial score (nSPS) is 29.9. The largest absolute Gasteiger partial charge is 0.322 e. The van der Waals surface area contributed by atoms with E-state index in [9.17, 15) is 4.79 Å². The molecule has 1 aliphatic carbocycles.